The summed E-state index contributed by atoms with van der Waals surface area (Å²) in [4.78, 5) is 2.73. The molecule has 2 bridgehead atoms. The summed E-state index contributed by atoms with van der Waals surface area (Å²) >= 11 is 0. The highest BCUT2D eigenvalue weighted by molar-refractivity contribution is 5.44. The van der Waals surface area contributed by atoms with Crippen molar-refractivity contribution in [2.24, 2.45) is 5.92 Å². The predicted octanol–water partition coefficient (Wildman–Crippen LogP) is 4.11. The first-order valence-electron chi connectivity index (χ1n) is 8.62. The van der Waals surface area contributed by atoms with Crippen molar-refractivity contribution < 1.29 is 5.11 Å². The average molecular weight is 287 g/mol. The molecule has 0 spiro atoms. The molecule has 1 aliphatic heterocycles. The van der Waals surface area contributed by atoms with Crippen molar-refractivity contribution in [1.29, 1.82) is 0 Å². The van der Waals surface area contributed by atoms with Gasteiger partial charge in [-0.2, -0.15) is 0 Å². The van der Waals surface area contributed by atoms with Crippen molar-refractivity contribution in [3.8, 4) is 5.75 Å². The van der Waals surface area contributed by atoms with E-state index in [0.29, 0.717) is 17.7 Å². The van der Waals surface area contributed by atoms with E-state index in [2.05, 4.69) is 31.7 Å². The molecule has 0 radical (unpaired) electrons. The Morgan fingerprint density at radius 1 is 1.33 bits per heavy atom. The number of phenolic OH excluding ortho intramolecular Hbond substituents is 1. The van der Waals surface area contributed by atoms with Crippen LogP contribution in [0.5, 0.6) is 5.75 Å². The predicted molar refractivity (Wildman–Crippen MR) is 87.8 cm³/mol. The van der Waals surface area contributed by atoms with E-state index in [1.807, 2.05) is 12.1 Å². The quantitative estimate of drug-likeness (QED) is 0.843. The number of benzene rings is 1. The van der Waals surface area contributed by atoms with Crippen LogP contribution in [0.3, 0.4) is 0 Å². The summed E-state index contributed by atoms with van der Waals surface area (Å²) in [6, 6.07) is 6.71. The number of rotatable bonds is 4. The lowest BCUT2D eigenvalue weighted by atomic mass is 9.59. The second-order valence-electron chi connectivity index (χ2n) is 7.31. The van der Waals surface area contributed by atoms with Gasteiger partial charge in [0, 0.05) is 6.04 Å². The fourth-order valence-electron chi connectivity index (χ4n) is 4.54. The van der Waals surface area contributed by atoms with Crippen LogP contribution in [0.15, 0.2) is 18.2 Å². The molecule has 1 fully saturated rings. The smallest absolute Gasteiger partial charge is 0.115 e. The van der Waals surface area contributed by atoms with Gasteiger partial charge in [0.05, 0.1) is 0 Å². The number of piperidine rings is 1. The van der Waals surface area contributed by atoms with Gasteiger partial charge in [-0.1, -0.05) is 39.7 Å². The second kappa shape index (κ2) is 5.64. The summed E-state index contributed by atoms with van der Waals surface area (Å²) in [6.07, 6.45) is 6.35. The van der Waals surface area contributed by atoms with Crippen LogP contribution < -0.4 is 0 Å². The van der Waals surface area contributed by atoms with Gasteiger partial charge in [0.15, 0.2) is 0 Å². The lowest BCUT2D eigenvalue weighted by Crippen LogP contribution is -2.58. The average Bonchev–Trinajstić information content (AvgIpc) is 2.46. The third kappa shape index (κ3) is 2.48. The van der Waals surface area contributed by atoms with Crippen molar-refractivity contribution in [3.05, 3.63) is 29.3 Å². The van der Waals surface area contributed by atoms with Gasteiger partial charge in [-0.15, -0.1) is 0 Å². The van der Waals surface area contributed by atoms with Gasteiger partial charge in [0.2, 0.25) is 0 Å². The Hall–Kier alpha value is -1.02. The Kier molecular flexibility index (Phi) is 4.00. The van der Waals surface area contributed by atoms with Crippen LogP contribution in [0.2, 0.25) is 0 Å². The van der Waals surface area contributed by atoms with E-state index in [9.17, 15) is 5.11 Å². The maximum Gasteiger partial charge on any atom is 0.115 e. The van der Waals surface area contributed by atoms with Gasteiger partial charge in [-0.05, 0) is 66.9 Å². The van der Waals surface area contributed by atoms with E-state index in [-0.39, 0.29) is 5.41 Å². The summed E-state index contributed by atoms with van der Waals surface area (Å²) in [5.74, 6) is 1.09. The zero-order valence-corrected chi connectivity index (χ0v) is 13.7. The zero-order valence-electron chi connectivity index (χ0n) is 13.7. The van der Waals surface area contributed by atoms with Crippen LogP contribution in [-0.2, 0) is 11.8 Å². The lowest BCUT2D eigenvalue weighted by molar-refractivity contribution is 0.0303. The first-order chi connectivity index (χ1) is 10.1. The number of nitrogens with zero attached hydrogens (tertiary/aromatic N) is 1. The number of hydrogen-bond donors (Lipinski definition) is 1. The minimum Gasteiger partial charge on any atom is -0.508 e. The van der Waals surface area contributed by atoms with Crippen molar-refractivity contribution in [1.82, 2.24) is 4.90 Å². The molecule has 2 aliphatic rings. The van der Waals surface area contributed by atoms with Crippen LogP contribution >= 0.6 is 0 Å². The van der Waals surface area contributed by atoms with Crippen LogP contribution in [0, 0.1) is 5.92 Å². The third-order valence-corrected chi connectivity index (χ3v) is 6.16. The van der Waals surface area contributed by atoms with Crippen LogP contribution in [0.25, 0.3) is 0 Å². The highest BCUT2D eigenvalue weighted by atomic mass is 16.3. The molecule has 0 aromatic heterocycles. The highest BCUT2D eigenvalue weighted by Gasteiger charge is 2.48. The maximum atomic E-state index is 9.87. The van der Waals surface area contributed by atoms with Gasteiger partial charge in [0.1, 0.15) is 5.75 Å². The van der Waals surface area contributed by atoms with Gasteiger partial charge in [-0.3, -0.25) is 4.90 Å². The maximum absolute atomic E-state index is 9.87. The molecule has 21 heavy (non-hydrogen) atoms. The number of fused-ring (bicyclic) bond motifs is 4. The number of likely N-dealkylation sites (tertiary alicyclic amines) is 1. The number of aromatic hydroxyl groups is 1. The van der Waals surface area contributed by atoms with E-state index in [1.54, 1.807) is 0 Å². The minimum atomic E-state index is 0.234. The van der Waals surface area contributed by atoms with Gasteiger partial charge in [0.25, 0.3) is 0 Å². The number of unbranched alkanes of at least 4 members (excludes halogenated alkanes) is 2. The number of hydrogen-bond acceptors (Lipinski definition) is 2. The summed E-state index contributed by atoms with van der Waals surface area (Å²) in [5.41, 5.74) is 3.09. The fraction of sp³-hybridized carbons (Fsp3) is 0.684. The summed E-state index contributed by atoms with van der Waals surface area (Å²) in [6.45, 7) is 9.57. The Morgan fingerprint density at radius 3 is 2.90 bits per heavy atom. The van der Waals surface area contributed by atoms with Crippen LogP contribution in [-0.4, -0.2) is 29.1 Å². The molecule has 3 atom stereocenters. The topological polar surface area (TPSA) is 23.5 Å². The molecular weight excluding hydrogens is 258 g/mol. The summed E-state index contributed by atoms with van der Waals surface area (Å²) in [7, 11) is 0. The standard InChI is InChI=1S/C19H29NO/c1-4-5-6-10-20-11-9-19(3)14(2)18(20)12-15-7-8-16(21)13-17(15)19/h7-8,13-14,18,21H,4-6,9-12H2,1-3H3/t14-,18+,19+/m1/s1. The van der Waals surface area contributed by atoms with Gasteiger partial charge < -0.3 is 5.11 Å². The first-order valence-corrected chi connectivity index (χ1v) is 8.62. The molecule has 0 unspecified atom stereocenters. The largest absolute Gasteiger partial charge is 0.508 e. The SMILES string of the molecule is CCCCCN1CC[C@]2(C)c3cc(O)ccc3C[C@H]1[C@H]2C. The Labute approximate surface area is 129 Å². The zero-order chi connectivity index (χ0) is 15.0. The monoisotopic (exact) mass is 287 g/mol. The second-order valence-corrected chi connectivity index (χ2v) is 7.31. The van der Waals surface area contributed by atoms with Crippen molar-refractivity contribution >= 4 is 0 Å². The molecule has 1 aromatic carbocycles. The molecule has 116 valence electrons. The molecule has 1 N–H and O–H groups in total. The van der Waals surface area contributed by atoms with Crippen molar-refractivity contribution in [2.75, 3.05) is 13.1 Å². The third-order valence-electron chi connectivity index (χ3n) is 6.16. The van der Waals surface area contributed by atoms with E-state index < -0.39 is 0 Å². The van der Waals surface area contributed by atoms with Gasteiger partial charge >= 0.3 is 0 Å². The molecule has 2 nitrogen and oxygen atoms in total. The van der Waals surface area contributed by atoms with Crippen LogP contribution in [0.4, 0.5) is 0 Å². The van der Waals surface area contributed by atoms with Crippen molar-refractivity contribution in [2.45, 2.75) is 64.3 Å². The Balaban J connectivity index is 1.87. The molecule has 1 aromatic rings. The molecule has 1 aliphatic carbocycles. The molecule has 3 rings (SSSR count). The Morgan fingerprint density at radius 2 is 2.14 bits per heavy atom. The lowest BCUT2D eigenvalue weighted by Gasteiger charge is -2.54. The van der Waals surface area contributed by atoms with Gasteiger partial charge in [-0.25, -0.2) is 0 Å². The normalized spacial score (nSPS) is 32.0. The van der Waals surface area contributed by atoms with E-state index in [4.69, 9.17) is 0 Å². The molecule has 0 saturated carbocycles. The fourth-order valence-corrected chi connectivity index (χ4v) is 4.54. The van der Waals surface area contributed by atoms with E-state index in [0.717, 1.165) is 6.42 Å². The summed E-state index contributed by atoms with van der Waals surface area (Å²) in [5, 5.41) is 9.87. The van der Waals surface area contributed by atoms with E-state index >= 15 is 0 Å². The number of phenols is 1. The van der Waals surface area contributed by atoms with Crippen LogP contribution in [0.1, 0.15) is 57.6 Å². The molecule has 2 heteroatoms. The molecule has 1 saturated heterocycles. The first kappa shape index (κ1) is 14.9. The molecule has 0 amide bonds. The minimum absolute atomic E-state index is 0.234. The highest BCUT2D eigenvalue weighted by Crippen LogP contribution is 2.49. The summed E-state index contributed by atoms with van der Waals surface area (Å²) < 4.78 is 0. The van der Waals surface area contributed by atoms with Crippen molar-refractivity contribution in [3.63, 3.8) is 0 Å². The molecular formula is C19H29NO. The van der Waals surface area contributed by atoms with E-state index in [1.165, 1.54) is 49.9 Å². The molecule has 1 heterocycles. The Bertz CT molecular complexity index is 512.